The van der Waals surface area contributed by atoms with Crippen LogP contribution in [0.4, 0.5) is 10.1 Å². The number of halogens is 2. The second-order valence-electron chi connectivity index (χ2n) is 10.4. The van der Waals surface area contributed by atoms with Gasteiger partial charge in [-0.15, -0.1) is 0 Å². The summed E-state index contributed by atoms with van der Waals surface area (Å²) < 4.78 is 43.0. The largest absolute Gasteiger partial charge is 0.354 e. The van der Waals surface area contributed by atoms with Crippen molar-refractivity contribution in [1.82, 2.24) is 10.2 Å². The molecule has 0 fully saturated rings. The lowest BCUT2D eigenvalue weighted by Gasteiger charge is -2.34. The minimum absolute atomic E-state index is 0.00113. The third kappa shape index (κ3) is 8.03. The second kappa shape index (κ2) is 15.0. The molecule has 2 amide bonds. The lowest BCUT2D eigenvalue weighted by Crippen LogP contribution is -2.53. The number of carbonyl (C=O) groups is 2. The third-order valence-electron chi connectivity index (χ3n) is 7.20. The normalized spacial score (nSPS) is 11.9. The molecule has 7 nitrogen and oxygen atoms in total. The van der Waals surface area contributed by atoms with Gasteiger partial charge in [-0.05, 0) is 66.4 Å². The fourth-order valence-electron chi connectivity index (χ4n) is 4.81. The van der Waals surface area contributed by atoms with Crippen LogP contribution in [0.25, 0.3) is 0 Å². The number of rotatable bonds is 13. The van der Waals surface area contributed by atoms with Crippen LogP contribution < -0.4 is 9.62 Å². The van der Waals surface area contributed by atoms with Crippen LogP contribution in [0.5, 0.6) is 0 Å². The van der Waals surface area contributed by atoms with Crippen LogP contribution in [-0.4, -0.2) is 44.3 Å². The number of nitrogens with one attached hydrogen (secondary N) is 1. The molecule has 0 radical (unpaired) electrons. The van der Waals surface area contributed by atoms with Crippen molar-refractivity contribution in [3.63, 3.8) is 0 Å². The highest BCUT2D eigenvalue weighted by atomic mass is 35.5. The Morgan fingerprint density at radius 3 is 2.14 bits per heavy atom. The molecule has 44 heavy (non-hydrogen) atoms. The first-order chi connectivity index (χ1) is 21.1. The Kier molecular flexibility index (Phi) is 11.1. The summed E-state index contributed by atoms with van der Waals surface area (Å²) in [6, 6.07) is 26.6. The molecule has 0 unspecified atom stereocenters. The van der Waals surface area contributed by atoms with Crippen molar-refractivity contribution < 1.29 is 22.4 Å². The zero-order valence-corrected chi connectivity index (χ0v) is 26.2. The van der Waals surface area contributed by atoms with Crippen LogP contribution >= 0.6 is 11.6 Å². The van der Waals surface area contributed by atoms with Crippen molar-refractivity contribution >= 4 is 39.1 Å². The van der Waals surface area contributed by atoms with Gasteiger partial charge < -0.3 is 10.2 Å². The van der Waals surface area contributed by atoms with E-state index >= 15 is 0 Å². The van der Waals surface area contributed by atoms with Crippen molar-refractivity contribution in [2.45, 2.75) is 44.2 Å². The number of benzene rings is 4. The highest BCUT2D eigenvalue weighted by Crippen LogP contribution is 2.31. The van der Waals surface area contributed by atoms with Crippen LogP contribution in [0.1, 0.15) is 30.0 Å². The number of sulfonamides is 1. The number of carbonyl (C=O) groups excluding carboxylic acids is 2. The number of nitrogens with zero attached hydrogens (tertiary/aromatic N) is 2. The van der Waals surface area contributed by atoms with Gasteiger partial charge in [0.1, 0.15) is 18.4 Å². The Bertz CT molecular complexity index is 1670. The van der Waals surface area contributed by atoms with Gasteiger partial charge in [0.2, 0.25) is 11.8 Å². The zero-order valence-electron chi connectivity index (χ0n) is 24.6. The predicted octanol–water partition coefficient (Wildman–Crippen LogP) is 6.15. The van der Waals surface area contributed by atoms with Crippen molar-refractivity contribution in [2.24, 2.45) is 0 Å². The quantitative estimate of drug-likeness (QED) is 0.191. The molecular weight excluding hydrogens is 601 g/mol. The number of hydrogen-bond acceptors (Lipinski definition) is 4. The van der Waals surface area contributed by atoms with Crippen molar-refractivity contribution in [3.05, 3.63) is 131 Å². The SMILES string of the molecule is CCCNC(=O)[C@H](Cc1ccccc1)N(Cc1ccc(F)cc1)C(=O)CN(c1cccc(Cl)c1C)S(=O)(=O)c1ccccc1. The molecule has 1 N–H and O–H groups in total. The first kappa shape index (κ1) is 32.7. The summed E-state index contributed by atoms with van der Waals surface area (Å²) in [5.74, 6) is -1.42. The van der Waals surface area contributed by atoms with E-state index in [9.17, 15) is 22.4 Å². The van der Waals surface area contributed by atoms with Crippen molar-refractivity contribution in [2.75, 3.05) is 17.4 Å². The maximum Gasteiger partial charge on any atom is 0.264 e. The summed E-state index contributed by atoms with van der Waals surface area (Å²) in [5.41, 5.74) is 2.12. The lowest BCUT2D eigenvalue weighted by molar-refractivity contribution is -0.140. The summed E-state index contributed by atoms with van der Waals surface area (Å²) in [4.78, 5) is 29.4. The molecule has 4 rings (SSSR count). The monoisotopic (exact) mass is 635 g/mol. The topological polar surface area (TPSA) is 86.8 Å². The molecule has 0 aliphatic carbocycles. The summed E-state index contributed by atoms with van der Waals surface area (Å²) in [6.07, 6.45) is 0.873. The fourth-order valence-corrected chi connectivity index (χ4v) is 6.47. The predicted molar refractivity (Wildman–Crippen MR) is 171 cm³/mol. The van der Waals surface area contributed by atoms with E-state index in [0.717, 1.165) is 9.87 Å². The highest BCUT2D eigenvalue weighted by Gasteiger charge is 2.35. The average molecular weight is 636 g/mol. The van der Waals surface area contributed by atoms with Gasteiger partial charge in [0.25, 0.3) is 10.0 Å². The zero-order chi connectivity index (χ0) is 31.7. The van der Waals surface area contributed by atoms with E-state index in [-0.39, 0.29) is 29.5 Å². The Morgan fingerprint density at radius 2 is 1.50 bits per heavy atom. The van der Waals surface area contributed by atoms with Gasteiger partial charge in [0.05, 0.1) is 10.6 Å². The molecule has 0 heterocycles. The van der Waals surface area contributed by atoms with Gasteiger partial charge in [-0.3, -0.25) is 13.9 Å². The summed E-state index contributed by atoms with van der Waals surface area (Å²) in [7, 11) is -4.24. The summed E-state index contributed by atoms with van der Waals surface area (Å²) >= 11 is 6.40. The molecular formula is C34H35ClFN3O4S. The number of hydrogen-bond donors (Lipinski definition) is 1. The number of anilines is 1. The van der Waals surface area contributed by atoms with E-state index in [2.05, 4.69) is 5.32 Å². The Balaban J connectivity index is 1.81. The molecule has 0 saturated carbocycles. The fraction of sp³-hybridized carbons (Fsp3) is 0.235. The van der Waals surface area contributed by atoms with E-state index in [4.69, 9.17) is 11.6 Å². The average Bonchev–Trinajstić information content (AvgIpc) is 3.03. The second-order valence-corrected chi connectivity index (χ2v) is 12.6. The molecule has 10 heteroatoms. The maximum absolute atomic E-state index is 14.4. The smallest absolute Gasteiger partial charge is 0.264 e. The summed E-state index contributed by atoms with van der Waals surface area (Å²) in [6.45, 7) is 3.35. The molecule has 1 atom stereocenters. The maximum atomic E-state index is 14.4. The van der Waals surface area contributed by atoms with Gasteiger partial charge in [0, 0.05) is 24.5 Å². The van der Waals surface area contributed by atoms with Crippen molar-refractivity contribution in [1.29, 1.82) is 0 Å². The molecule has 0 spiro atoms. The molecule has 0 aromatic heterocycles. The van der Waals surface area contributed by atoms with Crippen molar-refractivity contribution in [3.8, 4) is 0 Å². The van der Waals surface area contributed by atoms with E-state index < -0.39 is 34.3 Å². The molecule has 0 aliphatic rings. The summed E-state index contributed by atoms with van der Waals surface area (Å²) in [5, 5.41) is 3.24. The van der Waals surface area contributed by atoms with Gasteiger partial charge in [-0.1, -0.05) is 85.3 Å². The van der Waals surface area contributed by atoms with E-state index in [1.54, 1.807) is 55.5 Å². The third-order valence-corrected chi connectivity index (χ3v) is 9.39. The number of amides is 2. The molecule has 230 valence electrons. The minimum atomic E-state index is -4.24. The van der Waals surface area contributed by atoms with E-state index in [1.165, 1.54) is 29.2 Å². The van der Waals surface area contributed by atoms with Gasteiger partial charge >= 0.3 is 0 Å². The molecule has 0 saturated heterocycles. The Hall–Kier alpha value is -4.21. The Morgan fingerprint density at radius 1 is 0.864 bits per heavy atom. The first-order valence-electron chi connectivity index (χ1n) is 14.3. The molecule has 4 aromatic carbocycles. The van der Waals surface area contributed by atoms with Gasteiger partial charge in [0.15, 0.2) is 0 Å². The minimum Gasteiger partial charge on any atom is -0.354 e. The van der Waals surface area contributed by atoms with Crippen LogP contribution in [0.2, 0.25) is 5.02 Å². The van der Waals surface area contributed by atoms with Crippen LogP contribution in [0.3, 0.4) is 0 Å². The standard InChI is InChI=1S/C34H35ClFN3O4S/c1-3-21-37-34(41)32(22-26-11-6-4-7-12-26)38(23-27-17-19-28(36)20-18-27)33(40)24-39(31-16-10-15-30(35)25(31)2)44(42,43)29-13-8-5-9-14-29/h4-20,32H,3,21-24H2,1-2H3,(H,37,41)/t32-/m0/s1. The molecule has 4 aromatic rings. The van der Waals surface area contributed by atoms with Gasteiger partial charge in [-0.25, -0.2) is 12.8 Å². The van der Waals surface area contributed by atoms with Crippen LogP contribution in [0, 0.1) is 12.7 Å². The highest BCUT2D eigenvalue weighted by molar-refractivity contribution is 7.92. The lowest BCUT2D eigenvalue weighted by atomic mass is 10.0. The molecule has 0 bridgehead atoms. The van der Waals surface area contributed by atoms with E-state index in [1.807, 2.05) is 37.3 Å². The molecule has 0 aliphatic heterocycles. The first-order valence-corrected chi connectivity index (χ1v) is 16.1. The van der Waals surface area contributed by atoms with Crippen LogP contribution in [-0.2, 0) is 32.6 Å². The van der Waals surface area contributed by atoms with E-state index in [0.29, 0.717) is 29.1 Å². The van der Waals surface area contributed by atoms with Gasteiger partial charge in [-0.2, -0.15) is 0 Å². The Labute approximate surface area is 263 Å². The van der Waals surface area contributed by atoms with Crippen LogP contribution in [0.15, 0.2) is 108 Å².